The number of ether oxygens (including phenoxy) is 1. The van der Waals surface area contributed by atoms with Crippen molar-refractivity contribution >= 4 is 43.2 Å². The van der Waals surface area contributed by atoms with Gasteiger partial charge in [-0.1, -0.05) is 60.6 Å². The Bertz CT molecular complexity index is 1860. The Morgan fingerprint density at radius 1 is 1.06 bits per heavy atom. The fourth-order valence-electron chi connectivity index (χ4n) is 7.80. The molecule has 0 bridgehead atoms. The van der Waals surface area contributed by atoms with Gasteiger partial charge in [-0.2, -0.15) is 0 Å². The van der Waals surface area contributed by atoms with E-state index in [-0.39, 0.29) is 50.4 Å². The zero-order valence-corrected chi connectivity index (χ0v) is 32.7. The SMILES string of the molecule is CC(C)=CCC/C(C)=C/CN1C(=O)[C@@]2(O[C@@H](CC(=O)N(CCO)Cc3ccccc3)[C@H]([Si](C)(C)F)[C@H]2C)c2cc(NC(=O)c3ccc(N)cc3)ccc21. The Morgan fingerprint density at radius 2 is 1.75 bits per heavy atom. The molecule has 282 valence electrons. The standard InChI is InChI=1S/C42H53FN4O5Si/c1-28(2)11-10-12-29(3)21-22-47-36-20-19-34(45-40(50)32-15-17-33(44)18-16-32)25-35(36)42(41(47)51)30(4)39(53(5,6)43)37(52-42)26-38(49)46(23-24-48)27-31-13-8-7-9-14-31/h7-9,11,13-21,25,30,37,39,48H,10,12,22-24,26-27,44H2,1-6H3,(H,45,50)/b29-21+/t30-,37+,39-,42+/m1/s1. The molecule has 2 aliphatic rings. The molecule has 4 atom stereocenters. The van der Waals surface area contributed by atoms with Crippen molar-refractivity contribution in [1.29, 1.82) is 0 Å². The van der Waals surface area contributed by atoms with Crippen LogP contribution in [0.4, 0.5) is 21.2 Å². The number of fused-ring (bicyclic) bond motifs is 2. The molecule has 4 N–H and O–H groups in total. The molecule has 0 aromatic heterocycles. The molecule has 0 unspecified atom stereocenters. The van der Waals surface area contributed by atoms with Crippen LogP contribution in [0.25, 0.3) is 0 Å². The van der Waals surface area contributed by atoms with Gasteiger partial charge in [0.15, 0.2) is 5.60 Å². The number of rotatable bonds is 14. The monoisotopic (exact) mass is 740 g/mol. The lowest BCUT2D eigenvalue weighted by Crippen LogP contribution is -2.45. The number of aliphatic hydroxyl groups is 1. The molecule has 0 saturated carbocycles. The topological polar surface area (TPSA) is 125 Å². The average Bonchev–Trinajstić information content (AvgIpc) is 3.53. The van der Waals surface area contributed by atoms with Gasteiger partial charge in [-0.15, -0.1) is 0 Å². The Balaban J connectivity index is 1.52. The van der Waals surface area contributed by atoms with Crippen LogP contribution in [-0.4, -0.2) is 61.9 Å². The molecule has 1 spiro atoms. The number of carbonyl (C=O) groups excluding carboxylic acids is 3. The first-order valence-corrected chi connectivity index (χ1v) is 21.3. The molecule has 2 heterocycles. The number of amides is 3. The number of halogens is 1. The summed E-state index contributed by atoms with van der Waals surface area (Å²) in [5, 5.41) is 12.8. The number of nitrogens with one attached hydrogen (secondary N) is 1. The van der Waals surface area contributed by atoms with Crippen LogP contribution in [0.1, 0.15) is 68.4 Å². The second-order valence-corrected chi connectivity index (χ2v) is 18.9. The highest BCUT2D eigenvalue weighted by molar-refractivity contribution is 6.72. The van der Waals surface area contributed by atoms with E-state index in [0.717, 1.165) is 24.0 Å². The number of hydrogen-bond acceptors (Lipinski definition) is 6. The second-order valence-electron chi connectivity index (χ2n) is 15.1. The van der Waals surface area contributed by atoms with E-state index in [2.05, 4.69) is 25.2 Å². The summed E-state index contributed by atoms with van der Waals surface area (Å²) in [6.07, 6.45) is 4.91. The third-order valence-electron chi connectivity index (χ3n) is 10.4. The smallest absolute Gasteiger partial charge is 0.264 e. The molecule has 9 nitrogen and oxygen atoms in total. The zero-order chi connectivity index (χ0) is 38.5. The second kappa shape index (κ2) is 16.6. The quantitative estimate of drug-likeness (QED) is 0.0672. The van der Waals surface area contributed by atoms with Crippen molar-refractivity contribution in [3.05, 3.63) is 113 Å². The molecule has 3 aromatic rings. The van der Waals surface area contributed by atoms with Gasteiger partial charge in [-0.05, 0) is 94.7 Å². The van der Waals surface area contributed by atoms with Crippen LogP contribution in [0.3, 0.4) is 0 Å². The highest BCUT2D eigenvalue weighted by Crippen LogP contribution is 2.60. The summed E-state index contributed by atoms with van der Waals surface area (Å²) in [6.45, 7) is 11.7. The summed E-state index contributed by atoms with van der Waals surface area (Å²) >= 11 is 0. The lowest BCUT2D eigenvalue weighted by molar-refractivity contribution is -0.149. The molecule has 1 saturated heterocycles. The predicted molar refractivity (Wildman–Crippen MR) is 212 cm³/mol. The molecular formula is C42H53FN4O5Si. The third-order valence-corrected chi connectivity index (χ3v) is 12.9. The largest absolute Gasteiger partial charge is 0.399 e. The Hall–Kier alpha value is -4.58. The van der Waals surface area contributed by atoms with Crippen molar-refractivity contribution < 1.29 is 28.3 Å². The number of allylic oxidation sites excluding steroid dienone is 3. The normalized spacial score (nSPS) is 21.1. The van der Waals surface area contributed by atoms with E-state index in [1.165, 1.54) is 5.57 Å². The molecule has 11 heteroatoms. The van der Waals surface area contributed by atoms with Crippen LogP contribution in [0.2, 0.25) is 18.6 Å². The van der Waals surface area contributed by atoms with Gasteiger partial charge in [0, 0.05) is 53.6 Å². The highest BCUT2D eigenvalue weighted by atomic mass is 28.4. The molecular weight excluding hydrogens is 688 g/mol. The van der Waals surface area contributed by atoms with Gasteiger partial charge in [-0.3, -0.25) is 14.4 Å². The molecule has 0 radical (unpaired) electrons. The number of carbonyl (C=O) groups is 3. The summed E-state index contributed by atoms with van der Waals surface area (Å²) < 4.78 is 23.4. The van der Waals surface area contributed by atoms with Crippen LogP contribution in [0.5, 0.6) is 0 Å². The Labute approximate surface area is 313 Å². The Morgan fingerprint density at radius 3 is 2.40 bits per heavy atom. The molecule has 0 aliphatic carbocycles. The van der Waals surface area contributed by atoms with Crippen molar-refractivity contribution in [2.24, 2.45) is 5.92 Å². The van der Waals surface area contributed by atoms with Crippen LogP contribution in [0.15, 0.2) is 96.1 Å². The minimum Gasteiger partial charge on any atom is -0.399 e. The molecule has 3 amide bonds. The lowest BCUT2D eigenvalue weighted by Gasteiger charge is -2.31. The number of aliphatic hydroxyl groups excluding tert-OH is 1. The average molecular weight is 741 g/mol. The summed E-state index contributed by atoms with van der Waals surface area (Å²) in [4.78, 5) is 45.4. The first-order chi connectivity index (χ1) is 25.1. The van der Waals surface area contributed by atoms with E-state index < -0.39 is 31.6 Å². The van der Waals surface area contributed by atoms with Crippen LogP contribution < -0.4 is 16.0 Å². The van der Waals surface area contributed by atoms with Gasteiger partial charge in [0.2, 0.25) is 14.3 Å². The fourth-order valence-corrected chi connectivity index (χ4v) is 10.3. The number of anilines is 3. The number of nitrogens with two attached hydrogens (primary N) is 1. The van der Waals surface area contributed by atoms with E-state index in [0.29, 0.717) is 28.2 Å². The van der Waals surface area contributed by atoms with E-state index in [1.807, 2.05) is 50.3 Å². The van der Waals surface area contributed by atoms with Crippen LogP contribution in [-0.2, 0) is 26.5 Å². The highest BCUT2D eigenvalue weighted by Gasteiger charge is 2.67. The van der Waals surface area contributed by atoms with Crippen molar-refractivity contribution in [3.8, 4) is 0 Å². The van der Waals surface area contributed by atoms with Gasteiger partial charge in [-0.25, -0.2) is 0 Å². The minimum absolute atomic E-state index is 0.105. The zero-order valence-electron chi connectivity index (χ0n) is 31.7. The molecule has 2 aliphatic heterocycles. The number of hydrogen-bond donors (Lipinski definition) is 3. The first kappa shape index (κ1) is 39.6. The molecule has 1 fully saturated rings. The third kappa shape index (κ3) is 8.80. The minimum atomic E-state index is -3.57. The summed E-state index contributed by atoms with van der Waals surface area (Å²) in [5.74, 6) is -1.58. The van der Waals surface area contributed by atoms with Crippen molar-refractivity contribution in [2.75, 3.05) is 35.6 Å². The summed E-state index contributed by atoms with van der Waals surface area (Å²) in [6, 6.07) is 21.4. The molecule has 53 heavy (non-hydrogen) atoms. The van der Waals surface area contributed by atoms with Gasteiger partial charge >= 0.3 is 0 Å². The van der Waals surface area contributed by atoms with E-state index in [9.17, 15) is 19.5 Å². The van der Waals surface area contributed by atoms with Crippen LogP contribution in [0, 0.1) is 5.92 Å². The van der Waals surface area contributed by atoms with E-state index in [1.54, 1.807) is 65.4 Å². The van der Waals surface area contributed by atoms with Crippen molar-refractivity contribution in [2.45, 2.75) is 83.8 Å². The van der Waals surface area contributed by atoms with E-state index >= 15 is 4.11 Å². The maximum atomic E-state index is 16.6. The van der Waals surface area contributed by atoms with Gasteiger partial charge in [0.1, 0.15) is 0 Å². The Kier molecular flexibility index (Phi) is 12.4. The predicted octanol–water partition coefficient (Wildman–Crippen LogP) is 7.75. The fraction of sp³-hybridized carbons (Fsp3) is 0.405. The van der Waals surface area contributed by atoms with Gasteiger partial charge < -0.3 is 34.8 Å². The summed E-state index contributed by atoms with van der Waals surface area (Å²) in [7, 11) is -3.57. The lowest BCUT2D eigenvalue weighted by atomic mass is 9.82. The summed E-state index contributed by atoms with van der Waals surface area (Å²) in [5.41, 5.74) is 9.37. The van der Waals surface area contributed by atoms with Gasteiger partial charge in [0.25, 0.3) is 11.8 Å². The number of nitrogens with zero attached hydrogens (tertiary/aromatic N) is 2. The first-order valence-electron chi connectivity index (χ1n) is 18.4. The maximum Gasteiger partial charge on any atom is 0.264 e. The van der Waals surface area contributed by atoms with Crippen LogP contribution >= 0.6 is 0 Å². The maximum absolute atomic E-state index is 16.6. The van der Waals surface area contributed by atoms with Crippen molar-refractivity contribution in [3.63, 3.8) is 0 Å². The number of benzene rings is 3. The van der Waals surface area contributed by atoms with Gasteiger partial charge in [0.05, 0.1) is 24.8 Å². The molecule has 5 rings (SSSR count). The van der Waals surface area contributed by atoms with Crippen molar-refractivity contribution in [1.82, 2.24) is 4.90 Å². The van der Waals surface area contributed by atoms with E-state index in [4.69, 9.17) is 10.5 Å². The number of nitrogen functional groups attached to an aromatic ring is 1. The molecule has 3 aromatic carbocycles.